The summed E-state index contributed by atoms with van der Waals surface area (Å²) in [5.41, 5.74) is 8.71. The molecule has 0 radical (unpaired) electrons. The standard InChI is InChI=1S/C17H24N2S/c1-13-7-4-5-9-16(13)17(12-18)19(3)14(2)11-15-8-6-10-20-15/h4-10,14,17H,11-12,18H2,1-3H3. The van der Waals surface area contributed by atoms with Crippen LogP contribution in [0.1, 0.15) is 29.0 Å². The van der Waals surface area contributed by atoms with E-state index in [4.69, 9.17) is 5.73 Å². The van der Waals surface area contributed by atoms with Crippen molar-refractivity contribution in [2.45, 2.75) is 32.4 Å². The van der Waals surface area contributed by atoms with Crippen LogP contribution >= 0.6 is 11.3 Å². The van der Waals surface area contributed by atoms with E-state index in [-0.39, 0.29) is 6.04 Å². The van der Waals surface area contributed by atoms with E-state index in [0.29, 0.717) is 12.6 Å². The minimum absolute atomic E-state index is 0.283. The molecule has 108 valence electrons. The first-order valence-electron chi connectivity index (χ1n) is 7.13. The molecule has 0 amide bonds. The summed E-state index contributed by atoms with van der Waals surface area (Å²) in [6, 6.07) is 13.6. The summed E-state index contributed by atoms with van der Waals surface area (Å²) in [5.74, 6) is 0. The molecule has 1 heterocycles. The van der Waals surface area contributed by atoms with Crippen LogP contribution < -0.4 is 5.73 Å². The van der Waals surface area contributed by atoms with Gasteiger partial charge in [0.2, 0.25) is 0 Å². The molecular weight excluding hydrogens is 264 g/mol. The van der Waals surface area contributed by atoms with Crippen LogP contribution in [0.5, 0.6) is 0 Å². The van der Waals surface area contributed by atoms with E-state index in [1.807, 2.05) is 11.3 Å². The Labute approximate surface area is 126 Å². The zero-order valence-corrected chi connectivity index (χ0v) is 13.4. The summed E-state index contributed by atoms with van der Waals surface area (Å²) in [5, 5.41) is 2.14. The van der Waals surface area contributed by atoms with Gasteiger partial charge in [0.1, 0.15) is 0 Å². The number of nitrogens with zero attached hydrogens (tertiary/aromatic N) is 1. The average molecular weight is 288 g/mol. The fraction of sp³-hybridized carbons (Fsp3) is 0.412. The van der Waals surface area contributed by atoms with Gasteiger partial charge in [-0.2, -0.15) is 0 Å². The quantitative estimate of drug-likeness (QED) is 0.879. The highest BCUT2D eigenvalue weighted by molar-refractivity contribution is 7.09. The summed E-state index contributed by atoms with van der Waals surface area (Å²) >= 11 is 1.83. The lowest BCUT2D eigenvalue weighted by Crippen LogP contribution is -2.38. The largest absolute Gasteiger partial charge is 0.329 e. The predicted molar refractivity (Wildman–Crippen MR) is 88.2 cm³/mol. The Morgan fingerprint density at radius 2 is 1.95 bits per heavy atom. The SMILES string of the molecule is Cc1ccccc1C(CN)N(C)C(C)Cc1cccs1. The average Bonchev–Trinajstić information content (AvgIpc) is 2.94. The Kier molecular flexibility index (Phi) is 5.35. The number of hydrogen-bond acceptors (Lipinski definition) is 3. The Morgan fingerprint density at radius 1 is 1.20 bits per heavy atom. The lowest BCUT2D eigenvalue weighted by Gasteiger charge is -2.33. The van der Waals surface area contributed by atoms with Crippen molar-refractivity contribution < 1.29 is 0 Å². The molecule has 1 aromatic heterocycles. The van der Waals surface area contributed by atoms with Crippen LogP contribution in [0, 0.1) is 6.92 Å². The van der Waals surface area contributed by atoms with Gasteiger partial charge in [0, 0.05) is 23.5 Å². The smallest absolute Gasteiger partial charge is 0.0472 e. The van der Waals surface area contributed by atoms with Gasteiger partial charge in [0.05, 0.1) is 0 Å². The van der Waals surface area contributed by atoms with Crippen molar-refractivity contribution in [1.82, 2.24) is 4.90 Å². The maximum absolute atomic E-state index is 6.05. The van der Waals surface area contributed by atoms with Gasteiger partial charge in [0.15, 0.2) is 0 Å². The first-order valence-corrected chi connectivity index (χ1v) is 8.01. The summed E-state index contributed by atoms with van der Waals surface area (Å²) < 4.78 is 0. The zero-order valence-electron chi connectivity index (χ0n) is 12.5. The molecule has 0 aliphatic rings. The molecule has 2 nitrogen and oxygen atoms in total. The lowest BCUT2D eigenvalue weighted by atomic mass is 9.98. The second-order valence-electron chi connectivity index (χ2n) is 5.41. The van der Waals surface area contributed by atoms with Gasteiger partial charge < -0.3 is 5.73 Å². The van der Waals surface area contributed by atoms with E-state index in [0.717, 1.165) is 6.42 Å². The first kappa shape index (κ1) is 15.2. The summed E-state index contributed by atoms with van der Waals surface area (Å²) in [6.07, 6.45) is 1.08. The molecule has 3 heteroatoms. The lowest BCUT2D eigenvalue weighted by molar-refractivity contribution is 0.188. The second-order valence-corrected chi connectivity index (χ2v) is 6.44. The molecule has 0 saturated heterocycles. The Hall–Kier alpha value is -1.16. The van der Waals surface area contributed by atoms with Gasteiger partial charge in [-0.3, -0.25) is 4.90 Å². The number of benzene rings is 1. The van der Waals surface area contributed by atoms with Crippen molar-refractivity contribution in [3.8, 4) is 0 Å². The number of rotatable bonds is 6. The van der Waals surface area contributed by atoms with Gasteiger partial charge >= 0.3 is 0 Å². The first-order chi connectivity index (χ1) is 9.63. The van der Waals surface area contributed by atoms with Crippen molar-refractivity contribution in [1.29, 1.82) is 0 Å². The van der Waals surface area contributed by atoms with Gasteiger partial charge in [-0.05, 0) is 49.9 Å². The van der Waals surface area contributed by atoms with Crippen molar-refractivity contribution in [3.05, 3.63) is 57.8 Å². The van der Waals surface area contributed by atoms with Gasteiger partial charge in [0.25, 0.3) is 0 Å². The Bertz CT molecular complexity index is 522. The molecule has 0 bridgehead atoms. The third-order valence-electron chi connectivity index (χ3n) is 4.03. The van der Waals surface area contributed by atoms with Crippen LogP contribution in [0.25, 0.3) is 0 Å². The van der Waals surface area contributed by atoms with Crippen LogP contribution in [0.4, 0.5) is 0 Å². The van der Waals surface area contributed by atoms with Crippen LogP contribution in [-0.4, -0.2) is 24.5 Å². The zero-order chi connectivity index (χ0) is 14.5. The molecule has 0 saturated carbocycles. The summed E-state index contributed by atoms with van der Waals surface area (Å²) in [4.78, 5) is 3.84. The van der Waals surface area contributed by atoms with Crippen molar-refractivity contribution in [3.63, 3.8) is 0 Å². The maximum Gasteiger partial charge on any atom is 0.0472 e. The highest BCUT2D eigenvalue weighted by Crippen LogP contribution is 2.25. The topological polar surface area (TPSA) is 29.3 Å². The van der Waals surface area contributed by atoms with E-state index in [1.54, 1.807) is 0 Å². The van der Waals surface area contributed by atoms with Crippen LogP contribution in [0.15, 0.2) is 41.8 Å². The molecule has 2 unspecified atom stereocenters. The van der Waals surface area contributed by atoms with Crippen LogP contribution in [0.3, 0.4) is 0 Å². The number of thiophene rings is 1. The van der Waals surface area contributed by atoms with Gasteiger partial charge in [-0.1, -0.05) is 30.3 Å². The third kappa shape index (κ3) is 3.48. The fourth-order valence-corrected chi connectivity index (χ4v) is 3.47. The molecular formula is C17H24N2S. The number of nitrogens with two attached hydrogens (primary N) is 1. The minimum Gasteiger partial charge on any atom is -0.329 e. The van der Waals surface area contributed by atoms with Crippen molar-refractivity contribution in [2.75, 3.05) is 13.6 Å². The Morgan fingerprint density at radius 3 is 2.55 bits per heavy atom. The summed E-state index contributed by atoms with van der Waals surface area (Å²) in [7, 11) is 2.18. The monoisotopic (exact) mass is 288 g/mol. The predicted octanol–water partition coefficient (Wildman–Crippen LogP) is 3.62. The minimum atomic E-state index is 0.283. The molecule has 20 heavy (non-hydrogen) atoms. The number of hydrogen-bond donors (Lipinski definition) is 1. The number of aryl methyl sites for hydroxylation is 1. The number of likely N-dealkylation sites (N-methyl/N-ethyl adjacent to an activating group) is 1. The van der Waals surface area contributed by atoms with E-state index in [2.05, 4.69) is 67.6 Å². The molecule has 0 spiro atoms. The van der Waals surface area contributed by atoms with E-state index < -0.39 is 0 Å². The molecule has 0 aliphatic heterocycles. The van der Waals surface area contributed by atoms with Crippen molar-refractivity contribution in [2.24, 2.45) is 5.73 Å². The van der Waals surface area contributed by atoms with Gasteiger partial charge in [-0.15, -0.1) is 11.3 Å². The van der Waals surface area contributed by atoms with Crippen LogP contribution in [0.2, 0.25) is 0 Å². The van der Waals surface area contributed by atoms with E-state index >= 15 is 0 Å². The van der Waals surface area contributed by atoms with E-state index in [1.165, 1.54) is 16.0 Å². The van der Waals surface area contributed by atoms with Gasteiger partial charge in [-0.25, -0.2) is 0 Å². The summed E-state index contributed by atoms with van der Waals surface area (Å²) in [6.45, 7) is 5.09. The Balaban J connectivity index is 2.12. The van der Waals surface area contributed by atoms with E-state index in [9.17, 15) is 0 Å². The molecule has 2 atom stereocenters. The molecule has 2 rings (SSSR count). The normalized spacial score (nSPS) is 14.4. The maximum atomic E-state index is 6.05. The molecule has 0 aliphatic carbocycles. The van der Waals surface area contributed by atoms with Crippen LogP contribution in [-0.2, 0) is 6.42 Å². The molecule has 0 fully saturated rings. The molecule has 2 aromatic rings. The second kappa shape index (κ2) is 7.02. The van der Waals surface area contributed by atoms with Crippen molar-refractivity contribution >= 4 is 11.3 Å². The third-order valence-corrected chi connectivity index (χ3v) is 4.93. The fourth-order valence-electron chi connectivity index (χ4n) is 2.64. The molecule has 2 N–H and O–H groups in total. The molecule has 1 aromatic carbocycles. The highest BCUT2D eigenvalue weighted by atomic mass is 32.1. The highest BCUT2D eigenvalue weighted by Gasteiger charge is 2.21.